The third-order valence-corrected chi connectivity index (χ3v) is 2.66. The van der Waals surface area contributed by atoms with Crippen molar-refractivity contribution in [3.63, 3.8) is 0 Å². The smallest absolute Gasteiger partial charge is 0.504 e. The number of ether oxygens (including phenoxy) is 1. The molecule has 0 atom stereocenters. The molecule has 1 rings (SSSR count). The van der Waals surface area contributed by atoms with Gasteiger partial charge in [-0.15, -0.1) is 0 Å². The highest BCUT2D eigenvalue weighted by atomic mass is 16.7. The molecular formula is C13H18O4. The van der Waals surface area contributed by atoms with Crippen LogP contribution in [0.3, 0.4) is 0 Å². The normalized spacial score (nSPS) is 10.2. The Labute approximate surface area is 101 Å². The maximum atomic E-state index is 10.4. The lowest BCUT2D eigenvalue weighted by atomic mass is 9.99. The fourth-order valence-electron chi connectivity index (χ4n) is 1.76. The number of phenols is 1. The Morgan fingerprint density at radius 2 is 2.00 bits per heavy atom. The summed E-state index contributed by atoms with van der Waals surface area (Å²) in [6, 6.07) is 3.21. The molecular weight excluding hydrogens is 220 g/mol. The number of hydrogen-bond donors (Lipinski definition) is 2. The lowest BCUT2D eigenvalue weighted by Crippen LogP contribution is -2.04. The van der Waals surface area contributed by atoms with Crippen molar-refractivity contribution in [2.45, 2.75) is 39.5 Å². The van der Waals surface area contributed by atoms with Crippen molar-refractivity contribution in [2.75, 3.05) is 0 Å². The fraction of sp³-hybridized carbons (Fsp3) is 0.462. The van der Waals surface area contributed by atoms with Gasteiger partial charge in [0.15, 0.2) is 11.5 Å². The van der Waals surface area contributed by atoms with Crippen LogP contribution in [0.2, 0.25) is 0 Å². The Morgan fingerprint density at radius 1 is 1.29 bits per heavy atom. The molecule has 0 amide bonds. The van der Waals surface area contributed by atoms with Crippen LogP contribution in [0.1, 0.15) is 37.8 Å². The van der Waals surface area contributed by atoms with E-state index in [1.807, 2.05) is 6.92 Å². The molecule has 0 saturated heterocycles. The molecule has 4 heteroatoms. The highest BCUT2D eigenvalue weighted by Gasteiger charge is 2.11. The zero-order valence-electron chi connectivity index (χ0n) is 10.2. The van der Waals surface area contributed by atoms with Crippen LogP contribution >= 0.6 is 0 Å². The molecule has 2 N–H and O–H groups in total. The number of aromatic hydroxyl groups is 1. The number of carboxylic acid groups (broad SMARTS) is 1. The topological polar surface area (TPSA) is 66.8 Å². The van der Waals surface area contributed by atoms with Gasteiger partial charge in [0.25, 0.3) is 0 Å². The van der Waals surface area contributed by atoms with Crippen LogP contribution in [0, 0.1) is 0 Å². The van der Waals surface area contributed by atoms with Gasteiger partial charge in [0.05, 0.1) is 0 Å². The predicted octanol–water partition coefficient (Wildman–Crippen LogP) is 3.35. The summed E-state index contributed by atoms with van der Waals surface area (Å²) in [7, 11) is 0. The standard InChI is InChI=1S/C13H18O4/c1-3-5-6-10-7-11(14)12(17-13(15)16)8-9(10)4-2/h7-8,14H,3-6H2,1-2H3,(H,15,16). The zero-order chi connectivity index (χ0) is 12.8. The average Bonchev–Trinajstić information content (AvgIpc) is 2.28. The largest absolute Gasteiger partial charge is 0.511 e. The van der Waals surface area contributed by atoms with Crippen molar-refractivity contribution < 1.29 is 19.7 Å². The molecule has 0 heterocycles. The highest BCUT2D eigenvalue weighted by molar-refractivity contribution is 5.63. The molecule has 0 fully saturated rings. The van der Waals surface area contributed by atoms with Gasteiger partial charge in [-0.1, -0.05) is 20.3 Å². The van der Waals surface area contributed by atoms with Gasteiger partial charge in [-0.25, -0.2) is 4.79 Å². The van der Waals surface area contributed by atoms with E-state index in [0.717, 1.165) is 36.8 Å². The summed E-state index contributed by atoms with van der Waals surface area (Å²) in [6.07, 6.45) is 2.39. The van der Waals surface area contributed by atoms with Crippen LogP contribution in [-0.2, 0) is 12.8 Å². The Balaban J connectivity index is 3.01. The molecule has 0 aliphatic carbocycles. The van der Waals surface area contributed by atoms with Crippen LogP contribution in [0.25, 0.3) is 0 Å². The minimum atomic E-state index is -1.41. The lowest BCUT2D eigenvalue weighted by Gasteiger charge is -2.11. The molecule has 0 saturated carbocycles. The molecule has 0 aliphatic heterocycles. The van der Waals surface area contributed by atoms with Gasteiger partial charge in [-0.3, -0.25) is 0 Å². The van der Waals surface area contributed by atoms with E-state index in [9.17, 15) is 9.90 Å². The number of carbonyl (C=O) groups is 1. The molecule has 0 unspecified atom stereocenters. The number of phenolic OH excluding ortho intramolecular Hbond substituents is 1. The van der Waals surface area contributed by atoms with Crippen molar-refractivity contribution in [3.05, 3.63) is 23.3 Å². The number of rotatable bonds is 5. The van der Waals surface area contributed by atoms with E-state index in [4.69, 9.17) is 5.11 Å². The lowest BCUT2D eigenvalue weighted by molar-refractivity contribution is 0.143. The molecule has 1 aromatic rings. The average molecular weight is 238 g/mol. The first-order chi connectivity index (χ1) is 8.08. The Morgan fingerprint density at radius 3 is 2.53 bits per heavy atom. The molecule has 1 aromatic carbocycles. The van der Waals surface area contributed by atoms with Crippen LogP contribution in [0.15, 0.2) is 12.1 Å². The summed E-state index contributed by atoms with van der Waals surface area (Å²) in [5.74, 6) is -0.106. The van der Waals surface area contributed by atoms with Crippen LogP contribution in [0.4, 0.5) is 4.79 Å². The van der Waals surface area contributed by atoms with Gasteiger partial charge >= 0.3 is 6.16 Å². The second-order valence-electron chi connectivity index (χ2n) is 3.91. The molecule has 0 radical (unpaired) electrons. The molecule has 0 spiro atoms. The van der Waals surface area contributed by atoms with Crippen LogP contribution in [0.5, 0.6) is 11.5 Å². The second-order valence-corrected chi connectivity index (χ2v) is 3.91. The maximum Gasteiger partial charge on any atom is 0.511 e. The SMILES string of the molecule is CCCCc1cc(O)c(OC(=O)O)cc1CC. The van der Waals surface area contributed by atoms with Gasteiger partial charge in [0, 0.05) is 0 Å². The fourth-order valence-corrected chi connectivity index (χ4v) is 1.76. The van der Waals surface area contributed by atoms with Crippen LogP contribution in [-0.4, -0.2) is 16.4 Å². The Kier molecular flexibility index (Phi) is 4.82. The van der Waals surface area contributed by atoms with E-state index < -0.39 is 6.16 Å². The summed E-state index contributed by atoms with van der Waals surface area (Å²) in [5, 5.41) is 18.2. The number of aryl methyl sites for hydroxylation is 2. The molecule has 4 nitrogen and oxygen atoms in total. The van der Waals surface area contributed by atoms with E-state index in [0.29, 0.717) is 0 Å². The van der Waals surface area contributed by atoms with Crippen molar-refractivity contribution in [1.82, 2.24) is 0 Å². The van der Waals surface area contributed by atoms with Crippen molar-refractivity contribution in [3.8, 4) is 11.5 Å². The quantitative estimate of drug-likeness (QED) is 0.609. The molecule has 0 aliphatic rings. The summed E-state index contributed by atoms with van der Waals surface area (Å²) >= 11 is 0. The summed E-state index contributed by atoms with van der Waals surface area (Å²) in [5.41, 5.74) is 2.08. The van der Waals surface area contributed by atoms with E-state index >= 15 is 0 Å². The van der Waals surface area contributed by atoms with Gasteiger partial charge in [-0.05, 0) is 42.5 Å². The highest BCUT2D eigenvalue weighted by Crippen LogP contribution is 2.31. The van der Waals surface area contributed by atoms with Gasteiger partial charge < -0.3 is 14.9 Å². The van der Waals surface area contributed by atoms with E-state index in [2.05, 4.69) is 11.7 Å². The number of unbranched alkanes of at least 4 members (excludes halogenated alkanes) is 1. The van der Waals surface area contributed by atoms with Crippen molar-refractivity contribution in [2.24, 2.45) is 0 Å². The first kappa shape index (κ1) is 13.4. The molecule has 0 bridgehead atoms. The van der Waals surface area contributed by atoms with E-state index in [-0.39, 0.29) is 11.5 Å². The summed E-state index contributed by atoms with van der Waals surface area (Å²) in [6.45, 7) is 4.10. The third kappa shape index (κ3) is 3.66. The monoisotopic (exact) mass is 238 g/mol. The Bertz CT molecular complexity index is 399. The third-order valence-electron chi connectivity index (χ3n) is 2.66. The molecule has 17 heavy (non-hydrogen) atoms. The minimum Gasteiger partial charge on any atom is -0.504 e. The first-order valence-electron chi connectivity index (χ1n) is 5.84. The number of benzene rings is 1. The van der Waals surface area contributed by atoms with Crippen molar-refractivity contribution >= 4 is 6.16 Å². The van der Waals surface area contributed by atoms with E-state index in [1.165, 1.54) is 0 Å². The summed E-state index contributed by atoms with van der Waals surface area (Å²) < 4.78 is 4.51. The van der Waals surface area contributed by atoms with E-state index in [1.54, 1.807) is 12.1 Å². The molecule has 94 valence electrons. The zero-order valence-corrected chi connectivity index (χ0v) is 10.2. The summed E-state index contributed by atoms with van der Waals surface area (Å²) in [4.78, 5) is 10.4. The van der Waals surface area contributed by atoms with Gasteiger partial charge in [0.1, 0.15) is 0 Å². The van der Waals surface area contributed by atoms with Crippen LogP contribution < -0.4 is 4.74 Å². The first-order valence-corrected chi connectivity index (χ1v) is 5.84. The maximum absolute atomic E-state index is 10.4. The van der Waals surface area contributed by atoms with Gasteiger partial charge in [0.2, 0.25) is 0 Å². The van der Waals surface area contributed by atoms with Crippen molar-refractivity contribution in [1.29, 1.82) is 0 Å². The van der Waals surface area contributed by atoms with Gasteiger partial charge in [-0.2, -0.15) is 0 Å². The Hall–Kier alpha value is -1.71. The second kappa shape index (κ2) is 6.13. The molecule has 0 aromatic heterocycles. The predicted molar refractivity (Wildman–Crippen MR) is 64.7 cm³/mol. The minimum absolute atomic E-state index is 0.00889. The number of hydrogen-bond acceptors (Lipinski definition) is 3.